The van der Waals surface area contributed by atoms with Crippen LogP contribution in [0.3, 0.4) is 0 Å². The molecule has 3 aliphatic rings. The van der Waals surface area contributed by atoms with Crippen LogP contribution in [0.2, 0.25) is 0 Å². The number of nitrogens with zero attached hydrogens (tertiary/aromatic N) is 5. The molecule has 4 heterocycles. The van der Waals surface area contributed by atoms with Crippen molar-refractivity contribution in [2.24, 2.45) is 0 Å². The van der Waals surface area contributed by atoms with E-state index in [-0.39, 0.29) is 29.4 Å². The molecule has 3 aromatic rings. The van der Waals surface area contributed by atoms with E-state index in [9.17, 15) is 18.4 Å². The first-order chi connectivity index (χ1) is 20.3. The van der Waals surface area contributed by atoms with Gasteiger partial charge >= 0.3 is 0 Å². The van der Waals surface area contributed by atoms with Crippen LogP contribution in [0.4, 0.5) is 24.8 Å². The standard InChI is InChI=1S/C31H33F3N6O2/c1-39-11-10-28(31(33,34)19-39)42-27-7-4-22(14-23(27)15-35)29-26(32)16-36-30(38-29)37-24-5-2-20(3-6-24)21-8-12-40(13-9-21)25-17-41-18-25/h2-7,14,16,21,25,28H,8-13,17-19H2,1H3,(H,36,37,38). The molecule has 6 rings (SSSR count). The molecule has 11 heteroatoms. The number of likely N-dealkylation sites (tertiary alicyclic amines) is 2. The van der Waals surface area contributed by atoms with Crippen LogP contribution in [0.15, 0.2) is 48.7 Å². The minimum atomic E-state index is -3.06. The smallest absolute Gasteiger partial charge is 0.296 e. The molecule has 0 bridgehead atoms. The van der Waals surface area contributed by atoms with Crippen LogP contribution in [0.5, 0.6) is 5.75 Å². The van der Waals surface area contributed by atoms with Crippen molar-refractivity contribution in [2.75, 3.05) is 51.8 Å². The van der Waals surface area contributed by atoms with Crippen LogP contribution < -0.4 is 10.1 Å². The maximum atomic E-state index is 14.8. The first-order valence-corrected chi connectivity index (χ1v) is 14.3. The normalized spacial score (nSPS) is 21.8. The molecular weight excluding hydrogens is 545 g/mol. The Kier molecular flexibility index (Phi) is 8.03. The molecule has 1 atom stereocenters. The zero-order chi connectivity index (χ0) is 29.3. The number of nitriles is 1. The van der Waals surface area contributed by atoms with Crippen molar-refractivity contribution < 1.29 is 22.6 Å². The number of benzene rings is 2. The van der Waals surface area contributed by atoms with Crippen LogP contribution in [0.25, 0.3) is 11.3 Å². The number of ether oxygens (including phenoxy) is 2. The monoisotopic (exact) mass is 578 g/mol. The molecule has 2 aromatic carbocycles. The predicted octanol–water partition coefficient (Wildman–Crippen LogP) is 5.19. The van der Waals surface area contributed by atoms with Crippen molar-refractivity contribution in [2.45, 2.75) is 43.2 Å². The van der Waals surface area contributed by atoms with E-state index < -0.39 is 24.4 Å². The Bertz CT molecular complexity index is 1450. The second-order valence-electron chi connectivity index (χ2n) is 11.4. The van der Waals surface area contributed by atoms with Crippen molar-refractivity contribution in [1.82, 2.24) is 19.8 Å². The zero-order valence-corrected chi connectivity index (χ0v) is 23.4. The van der Waals surface area contributed by atoms with Gasteiger partial charge in [0, 0.05) is 24.2 Å². The number of hydrogen-bond acceptors (Lipinski definition) is 8. The fourth-order valence-corrected chi connectivity index (χ4v) is 5.88. The summed E-state index contributed by atoms with van der Waals surface area (Å²) in [7, 11) is 1.63. The van der Waals surface area contributed by atoms with Crippen LogP contribution in [0.1, 0.15) is 36.3 Å². The highest BCUT2D eigenvalue weighted by atomic mass is 19.3. The number of halogens is 3. The van der Waals surface area contributed by atoms with Gasteiger partial charge in [0.15, 0.2) is 11.9 Å². The Morgan fingerprint density at radius 1 is 1.07 bits per heavy atom. The lowest BCUT2D eigenvalue weighted by Gasteiger charge is -2.41. The largest absolute Gasteiger partial charge is 0.483 e. The Labute approximate surface area is 243 Å². The molecule has 0 radical (unpaired) electrons. The topological polar surface area (TPSA) is 86.5 Å². The summed E-state index contributed by atoms with van der Waals surface area (Å²) in [4.78, 5) is 12.5. The molecule has 3 fully saturated rings. The summed E-state index contributed by atoms with van der Waals surface area (Å²) in [5.41, 5.74) is 2.38. The summed E-state index contributed by atoms with van der Waals surface area (Å²) in [5, 5.41) is 12.8. The van der Waals surface area contributed by atoms with Gasteiger partial charge in [0.1, 0.15) is 17.5 Å². The first kappa shape index (κ1) is 28.4. The second-order valence-corrected chi connectivity index (χ2v) is 11.4. The van der Waals surface area contributed by atoms with Crippen LogP contribution in [-0.4, -0.2) is 84.3 Å². The van der Waals surface area contributed by atoms with Gasteiger partial charge in [0.25, 0.3) is 5.92 Å². The number of alkyl halides is 2. The Hall–Kier alpha value is -3.72. The van der Waals surface area contributed by atoms with E-state index in [1.165, 1.54) is 23.8 Å². The molecule has 0 spiro atoms. The number of aromatic nitrogens is 2. The Balaban J connectivity index is 1.13. The van der Waals surface area contributed by atoms with E-state index in [2.05, 4.69) is 32.3 Å². The summed E-state index contributed by atoms with van der Waals surface area (Å²) < 4.78 is 54.8. The molecule has 42 heavy (non-hydrogen) atoms. The summed E-state index contributed by atoms with van der Waals surface area (Å²) in [6, 6.07) is 15.0. The van der Waals surface area contributed by atoms with Crippen molar-refractivity contribution in [3.05, 3.63) is 65.6 Å². The van der Waals surface area contributed by atoms with E-state index >= 15 is 0 Å². The molecule has 1 aromatic heterocycles. The molecule has 0 saturated carbocycles. The minimum absolute atomic E-state index is 0.0135. The number of hydrogen-bond donors (Lipinski definition) is 1. The number of anilines is 2. The third-order valence-electron chi connectivity index (χ3n) is 8.42. The van der Waals surface area contributed by atoms with Gasteiger partial charge in [-0.15, -0.1) is 0 Å². The van der Waals surface area contributed by atoms with Crippen LogP contribution in [0, 0.1) is 17.1 Å². The highest BCUT2D eigenvalue weighted by molar-refractivity contribution is 5.66. The molecule has 0 amide bonds. The van der Waals surface area contributed by atoms with E-state index in [0.29, 0.717) is 24.1 Å². The van der Waals surface area contributed by atoms with E-state index in [1.54, 1.807) is 11.9 Å². The van der Waals surface area contributed by atoms with Gasteiger partial charge in [-0.3, -0.25) is 4.90 Å². The number of rotatable bonds is 7. The summed E-state index contributed by atoms with van der Waals surface area (Å²) >= 11 is 0. The zero-order valence-electron chi connectivity index (χ0n) is 23.4. The van der Waals surface area contributed by atoms with Crippen molar-refractivity contribution in [3.8, 4) is 23.1 Å². The second kappa shape index (κ2) is 11.9. The van der Waals surface area contributed by atoms with Gasteiger partial charge in [-0.2, -0.15) is 5.26 Å². The Morgan fingerprint density at radius 2 is 1.83 bits per heavy atom. The summed E-state index contributed by atoms with van der Waals surface area (Å²) in [5.74, 6) is -2.99. The van der Waals surface area contributed by atoms with Crippen molar-refractivity contribution in [3.63, 3.8) is 0 Å². The average molecular weight is 579 g/mol. The van der Waals surface area contributed by atoms with Gasteiger partial charge in [0.05, 0.1) is 37.6 Å². The van der Waals surface area contributed by atoms with Gasteiger partial charge in [-0.05, 0) is 74.8 Å². The molecule has 3 aliphatic heterocycles. The fraction of sp³-hybridized carbons (Fsp3) is 0.452. The quantitative estimate of drug-likeness (QED) is 0.410. The lowest BCUT2D eigenvalue weighted by molar-refractivity contribution is -0.135. The van der Waals surface area contributed by atoms with E-state index in [0.717, 1.165) is 51.0 Å². The summed E-state index contributed by atoms with van der Waals surface area (Å²) in [6.07, 6.45) is 2.07. The van der Waals surface area contributed by atoms with Crippen LogP contribution in [-0.2, 0) is 4.74 Å². The highest BCUT2D eigenvalue weighted by Crippen LogP contribution is 2.34. The Morgan fingerprint density at radius 3 is 2.50 bits per heavy atom. The lowest BCUT2D eigenvalue weighted by Crippen LogP contribution is -2.52. The molecule has 220 valence electrons. The third kappa shape index (κ3) is 6.07. The molecule has 0 aliphatic carbocycles. The predicted molar refractivity (Wildman–Crippen MR) is 151 cm³/mol. The van der Waals surface area contributed by atoms with Crippen molar-refractivity contribution >= 4 is 11.6 Å². The highest BCUT2D eigenvalue weighted by Gasteiger charge is 2.45. The third-order valence-corrected chi connectivity index (χ3v) is 8.42. The van der Waals surface area contributed by atoms with E-state index in [4.69, 9.17) is 9.47 Å². The molecule has 1 N–H and O–H groups in total. The lowest BCUT2D eigenvalue weighted by atomic mass is 9.88. The fourth-order valence-electron chi connectivity index (χ4n) is 5.88. The maximum absolute atomic E-state index is 14.8. The number of piperidine rings is 2. The molecule has 3 saturated heterocycles. The SMILES string of the molecule is CN1CCC(Oc2ccc(-c3nc(Nc4ccc(C5CCN(C6COC6)CC5)cc4)ncc3F)cc2C#N)C(F)(F)C1. The van der Waals surface area contributed by atoms with Crippen LogP contribution >= 0.6 is 0 Å². The molecule has 8 nitrogen and oxygen atoms in total. The molecular formula is C31H33F3N6O2. The maximum Gasteiger partial charge on any atom is 0.296 e. The van der Waals surface area contributed by atoms with Gasteiger partial charge < -0.3 is 19.7 Å². The van der Waals surface area contributed by atoms with E-state index in [1.807, 2.05) is 18.2 Å². The minimum Gasteiger partial charge on any atom is -0.483 e. The van der Waals surface area contributed by atoms with Gasteiger partial charge in [-0.1, -0.05) is 12.1 Å². The van der Waals surface area contributed by atoms with Crippen molar-refractivity contribution in [1.29, 1.82) is 5.26 Å². The van der Waals surface area contributed by atoms with Gasteiger partial charge in [-0.25, -0.2) is 23.1 Å². The molecule has 1 unspecified atom stereocenters. The number of nitrogens with one attached hydrogen (secondary N) is 1. The first-order valence-electron chi connectivity index (χ1n) is 14.3. The van der Waals surface area contributed by atoms with Gasteiger partial charge in [0.2, 0.25) is 5.95 Å². The average Bonchev–Trinajstić information content (AvgIpc) is 2.95. The summed E-state index contributed by atoms with van der Waals surface area (Å²) in [6.45, 7) is 3.89.